The quantitative estimate of drug-likeness (QED) is 0.684. The maximum absolute atomic E-state index is 12.4. The zero-order valence-corrected chi connectivity index (χ0v) is 15.7. The first-order chi connectivity index (χ1) is 13.3. The number of rotatable bonds is 8. The zero-order valence-electron chi connectivity index (χ0n) is 15.7. The minimum Gasteiger partial charge on any atom is -0.492 e. The molecule has 0 bridgehead atoms. The number of allylic oxidation sites excluding steroid dienone is 1. The molecule has 0 spiro atoms. The number of benzene rings is 1. The van der Waals surface area contributed by atoms with E-state index in [-0.39, 0.29) is 5.91 Å². The smallest absolute Gasteiger partial charge is 0.270 e. The molecule has 142 valence electrons. The van der Waals surface area contributed by atoms with Gasteiger partial charge in [0.2, 0.25) is 5.95 Å². The summed E-state index contributed by atoms with van der Waals surface area (Å²) in [5.74, 6) is 0.902. The monoisotopic (exact) mass is 366 g/mol. The van der Waals surface area contributed by atoms with Crippen molar-refractivity contribution in [2.24, 2.45) is 0 Å². The fourth-order valence-corrected chi connectivity index (χ4v) is 3.08. The van der Waals surface area contributed by atoms with Gasteiger partial charge in [-0.3, -0.25) is 4.79 Å². The third-order valence-electron chi connectivity index (χ3n) is 4.44. The number of hydrogen-bond acceptors (Lipinski definition) is 5. The molecule has 1 heterocycles. The molecule has 1 aromatic heterocycles. The lowest BCUT2D eigenvalue weighted by Gasteiger charge is -2.13. The topological polar surface area (TPSA) is 76.1 Å². The van der Waals surface area contributed by atoms with Crippen molar-refractivity contribution in [3.05, 3.63) is 53.9 Å². The van der Waals surface area contributed by atoms with E-state index in [4.69, 9.17) is 4.74 Å². The Kier molecular flexibility index (Phi) is 6.79. The molecular weight excluding hydrogens is 340 g/mol. The molecule has 3 rings (SSSR count). The van der Waals surface area contributed by atoms with E-state index in [0.29, 0.717) is 24.8 Å². The number of nitrogens with one attached hydrogen (secondary N) is 2. The molecule has 0 atom stereocenters. The Morgan fingerprint density at radius 3 is 2.93 bits per heavy atom. The van der Waals surface area contributed by atoms with Crippen LogP contribution in [0.3, 0.4) is 0 Å². The van der Waals surface area contributed by atoms with Crippen LogP contribution in [-0.2, 0) is 0 Å². The zero-order chi connectivity index (χ0) is 18.9. The summed E-state index contributed by atoms with van der Waals surface area (Å²) >= 11 is 0. The van der Waals surface area contributed by atoms with Gasteiger partial charge in [0.05, 0.1) is 12.3 Å². The highest BCUT2D eigenvalue weighted by molar-refractivity contribution is 5.92. The van der Waals surface area contributed by atoms with Crippen molar-refractivity contribution in [3.63, 3.8) is 0 Å². The molecule has 0 saturated heterocycles. The standard InChI is InChI=1S/C21H26N4O2/c1-2-27-19-11-7-6-10-17(19)24-21-23-15-13-18(25-21)20(26)22-14-12-16-8-4-3-5-9-16/h6-8,10-11,13,15H,2-5,9,12,14H2,1H3,(H,22,26)(H,23,24,25). The van der Waals surface area contributed by atoms with Gasteiger partial charge in [0.25, 0.3) is 5.91 Å². The van der Waals surface area contributed by atoms with E-state index in [2.05, 4.69) is 26.7 Å². The summed E-state index contributed by atoms with van der Waals surface area (Å²) in [7, 11) is 0. The number of aromatic nitrogens is 2. The van der Waals surface area contributed by atoms with Gasteiger partial charge in [-0.2, -0.15) is 0 Å². The third-order valence-corrected chi connectivity index (χ3v) is 4.44. The normalized spacial score (nSPS) is 13.6. The van der Waals surface area contributed by atoms with Crippen LogP contribution in [0.4, 0.5) is 11.6 Å². The summed E-state index contributed by atoms with van der Waals surface area (Å²) in [4.78, 5) is 20.9. The summed E-state index contributed by atoms with van der Waals surface area (Å²) in [6.45, 7) is 3.13. The Morgan fingerprint density at radius 2 is 2.11 bits per heavy atom. The van der Waals surface area contributed by atoms with Crippen molar-refractivity contribution >= 4 is 17.5 Å². The molecule has 0 radical (unpaired) electrons. The largest absolute Gasteiger partial charge is 0.492 e. The molecule has 1 aliphatic rings. The van der Waals surface area contributed by atoms with E-state index in [1.165, 1.54) is 18.4 Å². The fourth-order valence-electron chi connectivity index (χ4n) is 3.08. The molecule has 6 heteroatoms. The maximum Gasteiger partial charge on any atom is 0.270 e. The van der Waals surface area contributed by atoms with Crippen LogP contribution < -0.4 is 15.4 Å². The van der Waals surface area contributed by atoms with E-state index in [0.717, 1.165) is 30.7 Å². The minimum absolute atomic E-state index is 0.185. The van der Waals surface area contributed by atoms with Crippen molar-refractivity contribution in [1.82, 2.24) is 15.3 Å². The number of carbonyl (C=O) groups is 1. The van der Waals surface area contributed by atoms with Crippen LogP contribution in [0, 0.1) is 0 Å². The van der Waals surface area contributed by atoms with Crippen LogP contribution in [0.2, 0.25) is 0 Å². The molecule has 27 heavy (non-hydrogen) atoms. The van der Waals surface area contributed by atoms with Gasteiger partial charge >= 0.3 is 0 Å². The Hall–Kier alpha value is -2.89. The van der Waals surface area contributed by atoms with Crippen molar-refractivity contribution in [2.75, 3.05) is 18.5 Å². The lowest BCUT2D eigenvalue weighted by Crippen LogP contribution is -2.26. The summed E-state index contributed by atoms with van der Waals surface area (Å²) in [6, 6.07) is 9.19. The van der Waals surface area contributed by atoms with Crippen LogP contribution in [0.1, 0.15) is 49.5 Å². The Morgan fingerprint density at radius 1 is 1.22 bits per heavy atom. The van der Waals surface area contributed by atoms with Crippen molar-refractivity contribution < 1.29 is 9.53 Å². The Labute approximate surface area is 160 Å². The van der Waals surface area contributed by atoms with Gasteiger partial charge < -0.3 is 15.4 Å². The van der Waals surface area contributed by atoms with Crippen molar-refractivity contribution in [2.45, 2.75) is 39.0 Å². The molecule has 1 aromatic carbocycles. The van der Waals surface area contributed by atoms with Crippen molar-refractivity contribution in [3.8, 4) is 5.75 Å². The predicted molar refractivity (Wildman–Crippen MR) is 106 cm³/mol. The van der Waals surface area contributed by atoms with Gasteiger partial charge in [-0.05, 0) is 57.2 Å². The summed E-state index contributed by atoms with van der Waals surface area (Å²) in [5, 5.41) is 6.07. The number of amides is 1. The number of nitrogens with zero attached hydrogens (tertiary/aromatic N) is 2. The summed E-state index contributed by atoms with van der Waals surface area (Å²) < 4.78 is 5.59. The van der Waals surface area contributed by atoms with Gasteiger partial charge in [-0.1, -0.05) is 23.8 Å². The lowest BCUT2D eigenvalue weighted by molar-refractivity contribution is 0.0949. The molecule has 2 N–H and O–H groups in total. The van der Waals surface area contributed by atoms with Crippen LogP contribution in [0.15, 0.2) is 48.2 Å². The number of anilines is 2. The molecular formula is C21H26N4O2. The van der Waals surface area contributed by atoms with Gasteiger partial charge in [0.15, 0.2) is 0 Å². The Balaban J connectivity index is 1.59. The SMILES string of the molecule is CCOc1ccccc1Nc1nccc(C(=O)NCCC2=CCCCC2)n1. The van der Waals surface area contributed by atoms with Crippen LogP contribution in [0.25, 0.3) is 0 Å². The van der Waals surface area contributed by atoms with Gasteiger partial charge in [-0.15, -0.1) is 0 Å². The molecule has 0 fully saturated rings. The summed E-state index contributed by atoms with van der Waals surface area (Å²) in [5.41, 5.74) is 2.55. The maximum atomic E-state index is 12.4. The van der Waals surface area contributed by atoms with E-state index in [1.54, 1.807) is 12.3 Å². The van der Waals surface area contributed by atoms with Crippen molar-refractivity contribution in [1.29, 1.82) is 0 Å². The first-order valence-electron chi connectivity index (χ1n) is 9.54. The van der Waals surface area contributed by atoms with Crippen LogP contribution >= 0.6 is 0 Å². The molecule has 0 saturated carbocycles. The second kappa shape index (κ2) is 9.71. The number of hydrogen-bond donors (Lipinski definition) is 2. The molecule has 0 unspecified atom stereocenters. The van der Waals surface area contributed by atoms with Gasteiger partial charge in [-0.25, -0.2) is 9.97 Å². The van der Waals surface area contributed by atoms with E-state index in [9.17, 15) is 4.79 Å². The average molecular weight is 366 g/mol. The van der Waals surface area contributed by atoms with E-state index >= 15 is 0 Å². The molecule has 6 nitrogen and oxygen atoms in total. The summed E-state index contributed by atoms with van der Waals surface area (Å²) in [6.07, 6.45) is 9.63. The van der Waals surface area contributed by atoms with Crippen LogP contribution in [-0.4, -0.2) is 29.0 Å². The predicted octanol–water partition coefficient (Wildman–Crippen LogP) is 4.24. The highest BCUT2D eigenvalue weighted by Gasteiger charge is 2.11. The third kappa shape index (κ3) is 5.54. The van der Waals surface area contributed by atoms with E-state index < -0.39 is 0 Å². The van der Waals surface area contributed by atoms with Crippen LogP contribution in [0.5, 0.6) is 5.75 Å². The minimum atomic E-state index is -0.185. The molecule has 1 amide bonds. The first-order valence-corrected chi connectivity index (χ1v) is 9.54. The van der Waals surface area contributed by atoms with Gasteiger partial charge in [0.1, 0.15) is 11.4 Å². The van der Waals surface area contributed by atoms with Gasteiger partial charge in [0, 0.05) is 12.7 Å². The highest BCUT2D eigenvalue weighted by atomic mass is 16.5. The lowest BCUT2D eigenvalue weighted by atomic mass is 9.97. The number of para-hydroxylation sites is 2. The first kappa shape index (κ1) is 18.9. The van der Waals surface area contributed by atoms with E-state index in [1.807, 2.05) is 31.2 Å². The molecule has 1 aliphatic carbocycles. The number of ether oxygens (including phenoxy) is 1. The Bertz CT molecular complexity index is 804. The number of carbonyl (C=O) groups excluding carboxylic acids is 1. The second-order valence-corrected chi connectivity index (χ2v) is 6.43. The molecule has 2 aromatic rings. The molecule has 0 aliphatic heterocycles. The highest BCUT2D eigenvalue weighted by Crippen LogP contribution is 2.26. The second-order valence-electron chi connectivity index (χ2n) is 6.43. The fraction of sp³-hybridized carbons (Fsp3) is 0.381. The average Bonchev–Trinajstić information content (AvgIpc) is 2.71.